The van der Waals surface area contributed by atoms with E-state index in [1.54, 1.807) is 7.05 Å². The third-order valence-corrected chi connectivity index (χ3v) is 5.10. The van der Waals surface area contributed by atoms with Crippen LogP contribution in [0, 0.1) is 0 Å². The molecule has 6 nitrogen and oxygen atoms in total. The fourth-order valence-electron chi connectivity index (χ4n) is 3.43. The summed E-state index contributed by atoms with van der Waals surface area (Å²) in [7, 11) is 1.72. The molecule has 7 heteroatoms. The number of hydrogen-bond acceptors (Lipinski definition) is 3. The Bertz CT molecular complexity index is 592. The molecule has 0 saturated heterocycles. The highest BCUT2D eigenvalue weighted by Crippen LogP contribution is 2.20. The van der Waals surface area contributed by atoms with Crippen LogP contribution in [0.25, 0.3) is 0 Å². The number of aliphatic imine (C=N–C) groups is 1. The van der Waals surface area contributed by atoms with Crippen molar-refractivity contribution in [1.82, 2.24) is 15.5 Å². The standard InChI is InChI=1S/C22H36N4O2.HI/c1-3-26(18-19-11-6-4-7-12-19)21(27)17-25-22(23-2)24-15-10-16-28-20-13-8-5-9-14-20;/h4,6-7,11-12,20H,3,5,8-10,13-18H2,1-2H3,(H2,23,24,25);1H. The summed E-state index contributed by atoms with van der Waals surface area (Å²) in [5.41, 5.74) is 1.14. The normalized spacial score (nSPS) is 14.8. The lowest BCUT2D eigenvalue weighted by molar-refractivity contribution is -0.130. The van der Waals surface area contributed by atoms with Gasteiger partial charge in [0.15, 0.2) is 5.96 Å². The van der Waals surface area contributed by atoms with Crippen molar-refractivity contribution in [2.24, 2.45) is 4.99 Å². The maximum atomic E-state index is 12.5. The van der Waals surface area contributed by atoms with Gasteiger partial charge in [-0.15, -0.1) is 24.0 Å². The summed E-state index contributed by atoms with van der Waals surface area (Å²) in [6.07, 6.45) is 7.74. The van der Waals surface area contributed by atoms with Crippen molar-refractivity contribution in [1.29, 1.82) is 0 Å². The van der Waals surface area contributed by atoms with E-state index in [1.165, 1.54) is 32.1 Å². The van der Waals surface area contributed by atoms with E-state index in [9.17, 15) is 4.79 Å². The molecule has 1 aromatic carbocycles. The van der Waals surface area contributed by atoms with Crippen molar-refractivity contribution in [2.75, 3.05) is 33.3 Å². The van der Waals surface area contributed by atoms with Crippen molar-refractivity contribution in [3.05, 3.63) is 35.9 Å². The molecular weight excluding hydrogens is 479 g/mol. The highest BCUT2D eigenvalue weighted by molar-refractivity contribution is 14.0. The van der Waals surface area contributed by atoms with Crippen LogP contribution in [0.4, 0.5) is 0 Å². The summed E-state index contributed by atoms with van der Waals surface area (Å²) in [5, 5.41) is 6.37. The van der Waals surface area contributed by atoms with Gasteiger partial charge < -0.3 is 20.3 Å². The summed E-state index contributed by atoms with van der Waals surface area (Å²) < 4.78 is 5.94. The largest absolute Gasteiger partial charge is 0.378 e. The van der Waals surface area contributed by atoms with Crippen LogP contribution in [0.3, 0.4) is 0 Å². The van der Waals surface area contributed by atoms with Gasteiger partial charge in [0.1, 0.15) is 0 Å². The zero-order chi connectivity index (χ0) is 20.0. The summed E-state index contributed by atoms with van der Waals surface area (Å²) in [6, 6.07) is 10.1. The summed E-state index contributed by atoms with van der Waals surface area (Å²) in [6.45, 7) is 5.10. The number of nitrogens with one attached hydrogen (secondary N) is 2. The Morgan fingerprint density at radius 3 is 2.55 bits per heavy atom. The molecule has 2 N–H and O–H groups in total. The number of halogens is 1. The van der Waals surface area contributed by atoms with Crippen LogP contribution in [0.5, 0.6) is 0 Å². The van der Waals surface area contributed by atoms with Crippen LogP contribution in [0.2, 0.25) is 0 Å². The number of benzene rings is 1. The number of rotatable bonds is 10. The van der Waals surface area contributed by atoms with Gasteiger partial charge in [0.05, 0.1) is 12.6 Å². The van der Waals surface area contributed by atoms with Crippen LogP contribution < -0.4 is 10.6 Å². The molecule has 1 aromatic rings. The minimum absolute atomic E-state index is 0. The summed E-state index contributed by atoms with van der Waals surface area (Å²) in [4.78, 5) is 18.6. The molecular formula is C22H37IN4O2. The van der Waals surface area contributed by atoms with Crippen molar-refractivity contribution in [3.63, 3.8) is 0 Å². The van der Waals surface area contributed by atoms with E-state index in [2.05, 4.69) is 15.6 Å². The van der Waals surface area contributed by atoms with E-state index in [-0.39, 0.29) is 36.4 Å². The number of likely N-dealkylation sites (N-methyl/N-ethyl adjacent to an activating group) is 1. The Morgan fingerprint density at radius 1 is 1.17 bits per heavy atom. The van der Waals surface area contributed by atoms with Gasteiger partial charge in [-0.3, -0.25) is 9.79 Å². The molecule has 0 heterocycles. The van der Waals surface area contributed by atoms with Crippen LogP contribution in [0.15, 0.2) is 35.3 Å². The molecule has 29 heavy (non-hydrogen) atoms. The Morgan fingerprint density at radius 2 is 1.90 bits per heavy atom. The third kappa shape index (κ3) is 10.3. The minimum atomic E-state index is 0. The first-order valence-corrected chi connectivity index (χ1v) is 10.6. The lowest BCUT2D eigenvalue weighted by atomic mass is 9.98. The van der Waals surface area contributed by atoms with Crippen LogP contribution in [0.1, 0.15) is 51.0 Å². The SMILES string of the molecule is CCN(Cc1ccccc1)C(=O)CNC(=NC)NCCCOC1CCCCC1.I. The number of amides is 1. The minimum Gasteiger partial charge on any atom is -0.378 e. The van der Waals surface area contributed by atoms with Gasteiger partial charge in [-0.05, 0) is 31.7 Å². The van der Waals surface area contributed by atoms with Gasteiger partial charge in [-0.2, -0.15) is 0 Å². The molecule has 2 rings (SSSR count). The quantitative estimate of drug-likeness (QED) is 0.216. The number of carbonyl (C=O) groups excluding carboxylic acids is 1. The predicted molar refractivity (Wildman–Crippen MR) is 130 cm³/mol. The second-order valence-electron chi connectivity index (χ2n) is 7.23. The first kappa shape index (κ1) is 25.7. The number of ether oxygens (including phenoxy) is 1. The van der Waals surface area contributed by atoms with Crippen molar-refractivity contribution in [2.45, 2.75) is 58.1 Å². The topological polar surface area (TPSA) is 66.0 Å². The van der Waals surface area contributed by atoms with Crippen LogP contribution in [-0.2, 0) is 16.1 Å². The third-order valence-electron chi connectivity index (χ3n) is 5.10. The van der Waals surface area contributed by atoms with E-state index in [1.807, 2.05) is 42.2 Å². The Labute approximate surface area is 192 Å². The van der Waals surface area contributed by atoms with Gasteiger partial charge in [0.2, 0.25) is 5.91 Å². The zero-order valence-electron chi connectivity index (χ0n) is 17.9. The smallest absolute Gasteiger partial charge is 0.242 e. The van der Waals surface area contributed by atoms with E-state index >= 15 is 0 Å². The lowest BCUT2D eigenvalue weighted by Crippen LogP contribution is -2.44. The molecule has 0 aliphatic heterocycles. The number of guanidine groups is 1. The monoisotopic (exact) mass is 516 g/mol. The first-order chi connectivity index (χ1) is 13.7. The molecule has 0 aromatic heterocycles. The fraction of sp³-hybridized carbons (Fsp3) is 0.636. The van der Waals surface area contributed by atoms with Crippen molar-refractivity contribution >= 4 is 35.8 Å². The van der Waals surface area contributed by atoms with Gasteiger partial charge in [0.25, 0.3) is 0 Å². The average molecular weight is 516 g/mol. The number of hydrogen-bond donors (Lipinski definition) is 2. The van der Waals surface area contributed by atoms with Crippen LogP contribution in [-0.4, -0.2) is 56.2 Å². The van der Waals surface area contributed by atoms with E-state index in [0.717, 1.165) is 25.1 Å². The highest BCUT2D eigenvalue weighted by atomic mass is 127. The molecule has 0 spiro atoms. The maximum Gasteiger partial charge on any atom is 0.242 e. The molecule has 0 atom stereocenters. The van der Waals surface area contributed by atoms with Crippen molar-refractivity contribution < 1.29 is 9.53 Å². The Kier molecular flexibility index (Phi) is 13.7. The fourth-order valence-corrected chi connectivity index (χ4v) is 3.43. The second kappa shape index (κ2) is 15.5. The van der Waals surface area contributed by atoms with E-state index in [4.69, 9.17) is 4.74 Å². The van der Waals surface area contributed by atoms with Gasteiger partial charge in [-0.25, -0.2) is 0 Å². The van der Waals surface area contributed by atoms with Crippen LogP contribution >= 0.6 is 24.0 Å². The Balaban J connectivity index is 0.00000420. The summed E-state index contributed by atoms with van der Waals surface area (Å²) >= 11 is 0. The molecule has 1 aliphatic rings. The van der Waals surface area contributed by atoms with E-state index in [0.29, 0.717) is 25.2 Å². The molecule has 1 fully saturated rings. The Hall–Kier alpha value is -1.35. The highest BCUT2D eigenvalue weighted by Gasteiger charge is 2.14. The molecule has 1 aliphatic carbocycles. The van der Waals surface area contributed by atoms with E-state index < -0.39 is 0 Å². The number of nitrogens with zero attached hydrogens (tertiary/aromatic N) is 2. The van der Waals surface area contributed by atoms with Gasteiger partial charge in [0, 0.05) is 33.3 Å². The van der Waals surface area contributed by atoms with Gasteiger partial charge in [-0.1, -0.05) is 49.6 Å². The summed E-state index contributed by atoms with van der Waals surface area (Å²) in [5.74, 6) is 0.719. The average Bonchev–Trinajstić information content (AvgIpc) is 2.75. The number of carbonyl (C=O) groups is 1. The van der Waals surface area contributed by atoms with Crippen molar-refractivity contribution in [3.8, 4) is 0 Å². The molecule has 0 unspecified atom stereocenters. The molecule has 0 bridgehead atoms. The maximum absolute atomic E-state index is 12.5. The van der Waals surface area contributed by atoms with Gasteiger partial charge >= 0.3 is 0 Å². The molecule has 1 saturated carbocycles. The molecule has 1 amide bonds. The molecule has 0 radical (unpaired) electrons. The lowest BCUT2D eigenvalue weighted by Gasteiger charge is -2.22. The second-order valence-corrected chi connectivity index (χ2v) is 7.23. The molecule has 164 valence electrons. The first-order valence-electron chi connectivity index (χ1n) is 10.6. The zero-order valence-corrected chi connectivity index (χ0v) is 20.2. The predicted octanol–water partition coefficient (Wildman–Crippen LogP) is 3.56.